The third-order valence-corrected chi connectivity index (χ3v) is 5.13. The lowest BCUT2D eigenvalue weighted by atomic mass is 10.2. The van der Waals surface area contributed by atoms with E-state index in [9.17, 15) is 10.1 Å². The number of thioether (sulfide) groups is 1. The standard InChI is InChI=1S/C20H26N4O5S/c1-23(2)11-16-4-5-17(29-16)13-30-8-7-21-20(12-24(25)26)22-10-15-3-6-18-19(9-15)28-14-27-18/h3-6,9,12,21-22H,7-8,10-11,13-14H2,1-2H3/b20-12-. The number of hydrogen-bond donors (Lipinski definition) is 2. The lowest BCUT2D eigenvalue weighted by molar-refractivity contribution is -0.404. The molecule has 3 rings (SSSR count). The summed E-state index contributed by atoms with van der Waals surface area (Å²) in [5.41, 5.74) is 0.941. The molecule has 0 unspecified atom stereocenters. The molecule has 10 heteroatoms. The lowest BCUT2D eigenvalue weighted by Gasteiger charge is -2.11. The second kappa shape index (κ2) is 10.8. The zero-order valence-electron chi connectivity index (χ0n) is 17.1. The predicted octanol–water partition coefficient (Wildman–Crippen LogP) is 2.76. The van der Waals surface area contributed by atoms with Crippen molar-refractivity contribution in [3.63, 3.8) is 0 Å². The molecule has 2 aromatic rings. The molecule has 1 aromatic heterocycles. The van der Waals surface area contributed by atoms with Gasteiger partial charge in [-0.05, 0) is 43.9 Å². The molecule has 0 saturated carbocycles. The van der Waals surface area contributed by atoms with Gasteiger partial charge in [0.1, 0.15) is 11.5 Å². The van der Waals surface area contributed by atoms with Crippen molar-refractivity contribution >= 4 is 11.8 Å². The average Bonchev–Trinajstić information content (AvgIpc) is 3.33. The van der Waals surface area contributed by atoms with Crippen LogP contribution >= 0.6 is 11.8 Å². The zero-order chi connectivity index (χ0) is 21.3. The number of ether oxygens (including phenoxy) is 2. The van der Waals surface area contributed by atoms with E-state index in [-0.39, 0.29) is 6.79 Å². The van der Waals surface area contributed by atoms with Crippen molar-refractivity contribution in [3.8, 4) is 11.5 Å². The third kappa shape index (κ3) is 6.89. The Morgan fingerprint density at radius 3 is 2.80 bits per heavy atom. The van der Waals surface area contributed by atoms with E-state index in [1.54, 1.807) is 11.8 Å². The molecule has 2 heterocycles. The Morgan fingerprint density at radius 2 is 2.00 bits per heavy atom. The molecule has 1 aliphatic rings. The van der Waals surface area contributed by atoms with Gasteiger partial charge >= 0.3 is 0 Å². The molecule has 30 heavy (non-hydrogen) atoms. The normalized spacial score (nSPS) is 13.0. The van der Waals surface area contributed by atoms with Crippen LogP contribution in [0.5, 0.6) is 11.5 Å². The molecular formula is C20H26N4O5S. The van der Waals surface area contributed by atoms with Gasteiger partial charge in [-0.3, -0.25) is 10.1 Å². The minimum Gasteiger partial charge on any atom is -0.464 e. The van der Waals surface area contributed by atoms with Gasteiger partial charge in [-0.25, -0.2) is 0 Å². The van der Waals surface area contributed by atoms with E-state index in [1.165, 1.54) is 0 Å². The lowest BCUT2D eigenvalue weighted by Crippen LogP contribution is -2.28. The van der Waals surface area contributed by atoms with E-state index < -0.39 is 4.92 Å². The molecule has 0 bridgehead atoms. The van der Waals surface area contributed by atoms with E-state index in [1.807, 2.05) is 44.4 Å². The smallest absolute Gasteiger partial charge is 0.274 e. The quantitative estimate of drug-likeness (QED) is 0.296. The molecule has 0 amide bonds. The Kier molecular flexibility index (Phi) is 7.86. The first-order chi connectivity index (χ1) is 14.5. The van der Waals surface area contributed by atoms with Gasteiger partial charge in [-0.1, -0.05) is 6.07 Å². The second-order valence-corrected chi connectivity index (χ2v) is 8.06. The number of nitro groups is 1. The monoisotopic (exact) mass is 434 g/mol. The van der Waals surface area contributed by atoms with Crippen LogP contribution < -0.4 is 20.1 Å². The highest BCUT2D eigenvalue weighted by Crippen LogP contribution is 2.32. The summed E-state index contributed by atoms with van der Waals surface area (Å²) in [6.45, 7) is 2.00. The van der Waals surface area contributed by atoms with Crippen molar-refractivity contribution < 1.29 is 18.8 Å². The van der Waals surface area contributed by atoms with Crippen LogP contribution in [-0.4, -0.2) is 43.0 Å². The summed E-state index contributed by atoms with van der Waals surface area (Å²) in [6.07, 6.45) is 0.942. The molecule has 0 aliphatic carbocycles. The maximum atomic E-state index is 10.9. The number of fused-ring (bicyclic) bond motifs is 1. The SMILES string of the molecule is CN(C)Cc1ccc(CSCCN/C(=C/[N+](=O)[O-])NCc2ccc3c(c2)OCO3)o1. The van der Waals surface area contributed by atoms with Crippen LogP contribution in [0.3, 0.4) is 0 Å². The largest absolute Gasteiger partial charge is 0.464 e. The summed E-state index contributed by atoms with van der Waals surface area (Å²) in [4.78, 5) is 12.5. The van der Waals surface area contributed by atoms with Crippen LogP contribution in [0.2, 0.25) is 0 Å². The maximum absolute atomic E-state index is 10.9. The molecule has 0 fully saturated rings. The Morgan fingerprint density at radius 1 is 1.20 bits per heavy atom. The topological polar surface area (TPSA) is 102 Å². The number of hydrogen-bond acceptors (Lipinski definition) is 9. The molecule has 0 spiro atoms. The van der Waals surface area contributed by atoms with Crippen molar-refractivity contribution in [2.75, 3.05) is 33.2 Å². The van der Waals surface area contributed by atoms with Gasteiger partial charge in [0, 0.05) is 18.8 Å². The maximum Gasteiger partial charge on any atom is 0.274 e. The number of nitrogens with zero attached hydrogens (tertiary/aromatic N) is 2. The van der Waals surface area contributed by atoms with E-state index in [4.69, 9.17) is 13.9 Å². The highest BCUT2D eigenvalue weighted by molar-refractivity contribution is 7.98. The first-order valence-electron chi connectivity index (χ1n) is 9.51. The fourth-order valence-electron chi connectivity index (χ4n) is 2.83. The predicted molar refractivity (Wildman–Crippen MR) is 115 cm³/mol. The molecule has 1 aliphatic heterocycles. The van der Waals surface area contributed by atoms with Gasteiger partial charge in [0.15, 0.2) is 17.3 Å². The Labute approximate surface area is 179 Å². The summed E-state index contributed by atoms with van der Waals surface area (Å²) in [5.74, 6) is 5.17. The average molecular weight is 435 g/mol. The summed E-state index contributed by atoms with van der Waals surface area (Å²) >= 11 is 1.70. The number of benzene rings is 1. The van der Waals surface area contributed by atoms with Gasteiger partial charge in [-0.2, -0.15) is 11.8 Å². The zero-order valence-corrected chi connectivity index (χ0v) is 17.9. The molecular weight excluding hydrogens is 408 g/mol. The van der Waals surface area contributed by atoms with Crippen LogP contribution in [0.4, 0.5) is 0 Å². The highest BCUT2D eigenvalue weighted by Gasteiger charge is 2.13. The highest BCUT2D eigenvalue weighted by atomic mass is 32.2. The van der Waals surface area contributed by atoms with Gasteiger partial charge < -0.3 is 29.4 Å². The van der Waals surface area contributed by atoms with Gasteiger partial charge in [0.05, 0.1) is 17.2 Å². The third-order valence-electron chi connectivity index (χ3n) is 4.15. The first kappa shape index (κ1) is 21.8. The molecule has 162 valence electrons. The number of rotatable bonds is 12. The van der Waals surface area contributed by atoms with Gasteiger partial charge in [0.25, 0.3) is 6.20 Å². The molecule has 0 radical (unpaired) electrons. The van der Waals surface area contributed by atoms with Crippen LogP contribution in [0.15, 0.2) is 46.8 Å². The molecule has 9 nitrogen and oxygen atoms in total. The summed E-state index contributed by atoms with van der Waals surface area (Å²) in [5, 5.41) is 17.1. The fraction of sp³-hybridized carbons (Fsp3) is 0.400. The Balaban J connectivity index is 1.40. The number of furan rings is 1. The van der Waals surface area contributed by atoms with Crippen LogP contribution in [0.25, 0.3) is 0 Å². The van der Waals surface area contributed by atoms with Crippen LogP contribution in [-0.2, 0) is 18.8 Å². The number of nitrogens with one attached hydrogen (secondary N) is 2. The van der Waals surface area contributed by atoms with Gasteiger partial charge in [-0.15, -0.1) is 0 Å². The van der Waals surface area contributed by atoms with E-state index in [2.05, 4.69) is 15.5 Å². The summed E-state index contributed by atoms with van der Waals surface area (Å²) < 4.78 is 16.4. The molecule has 1 aromatic carbocycles. The van der Waals surface area contributed by atoms with E-state index >= 15 is 0 Å². The Hall–Kier alpha value is -2.85. The molecule has 0 saturated heterocycles. The Bertz CT molecular complexity index is 884. The van der Waals surface area contributed by atoms with Crippen molar-refractivity contribution in [1.29, 1.82) is 0 Å². The minimum absolute atomic E-state index is 0.215. The molecule has 0 atom stereocenters. The van der Waals surface area contributed by atoms with E-state index in [0.29, 0.717) is 30.4 Å². The minimum atomic E-state index is -0.475. The van der Waals surface area contributed by atoms with Crippen molar-refractivity contribution in [3.05, 3.63) is 69.6 Å². The van der Waals surface area contributed by atoms with Crippen molar-refractivity contribution in [2.45, 2.75) is 18.8 Å². The molecule has 2 N–H and O–H groups in total. The van der Waals surface area contributed by atoms with E-state index in [0.717, 1.165) is 41.3 Å². The summed E-state index contributed by atoms with van der Waals surface area (Å²) in [7, 11) is 4.00. The van der Waals surface area contributed by atoms with Gasteiger partial charge in [0.2, 0.25) is 6.79 Å². The summed E-state index contributed by atoms with van der Waals surface area (Å²) in [6, 6.07) is 9.58. The first-order valence-corrected chi connectivity index (χ1v) is 10.7. The fourth-order valence-corrected chi connectivity index (χ4v) is 3.58. The van der Waals surface area contributed by atoms with Crippen LogP contribution in [0, 0.1) is 10.1 Å². The second-order valence-electron chi connectivity index (χ2n) is 6.95. The van der Waals surface area contributed by atoms with Crippen molar-refractivity contribution in [1.82, 2.24) is 15.5 Å². The van der Waals surface area contributed by atoms with Crippen LogP contribution in [0.1, 0.15) is 17.1 Å². The van der Waals surface area contributed by atoms with Crippen molar-refractivity contribution in [2.24, 2.45) is 0 Å².